The van der Waals surface area contributed by atoms with Crippen molar-refractivity contribution in [3.8, 4) is 0 Å². The van der Waals surface area contributed by atoms with E-state index in [0.29, 0.717) is 18.9 Å². The van der Waals surface area contributed by atoms with Crippen LogP contribution in [0.1, 0.15) is 17.3 Å². The predicted octanol–water partition coefficient (Wildman–Crippen LogP) is 1.82. The molecule has 1 atom stereocenters. The molecular weight excluding hydrogens is 304 g/mol. The zero-order valence-electron chi connectivity index (χ0n) is 13.1. The van der Waals surface area contributed by atoms with Crippen LogP contribution in [0.4, 0.5) is 5.95 Å². The second kappa shape index (κ2) is 5.93. The van der Waals surface area contributed by atoms with Gasteiger partial charge in [-0.05, 0) is 11.6 Å². The van der Waals surface area contributed by atoms with Crippen LogP contribution in [0.5, 0.6) is 0 Å². The van der Waals surface area contributed by atoms with Gasteiger partial charge in [-0.1, -0.05) is 30.3 Å². The van der Waals surface area contributed by atoms with E-state index in [1.807, 2.05) is 18.2 Å². The lowest BCUT2D eigenvalue weighted by Gasteiger charge is -2.35. The molecule has 1 aliphatic rings. The van der Waals surface area contributed by atoms with Gasteiger partial charge in [-0.2, -0.15) is 0 Å². The summed E-state index contributed by atoms with van der Waals surface area (Å²) in [5.41, 5.74) is 8.72. The van der Waals surface area contributed by atoms with Gasteiger partial charge in [0.05, 0.1) is 36.5 Å². The van der Waals surface area contributed by atoms with Crippen LogP contribution < -0.4 is 10.6 Å². The van der Waals surface area contributed by atoms with Crippen molar-refractivity contribution in [3.05, 3.63) is 53.9 Å². The molecule has 3 aromatic rings. The summed E-state index contributed by atoms with van der Waals surface area (Å²) in [5, 5.41) is 7.51. The van der Waals surface area contributed by atoms with Crippen molar-refractivity contribution in [2.45, 2.75) is 6.04 Å². The summed E-state index contributed by atoms with van der Waals surface area (Å²) in [6.07, 6.45) is 1.67. The third kappa shape index (κ3) is 2.59. The number of aromatic nitrogens is 3. The standard InChI is InChI=1S/C17H18N6O/c18-16(19)13-8-12-14(9-20-13)22-17(21-12)23-6-7-24-10-15(23)11-4-2-1-3-5-11/h1-5,8-9,15H,6-7,10H2,(H3,18,19)(H,21,22)/t15-/m0/s1. The van der Waals surface area contributed by atoms with Crippen molar-refractivity contribution in [3.63, 3.8) is 0 Å². The molecule has 4 rings (SSSR count). The van der Waals surface area contributed by atoms with Gasteiger partial charge in [0.1, 0.15) is 11.5 Å². The highest BCUT2D eigenvalue weighted by Crippen LogP contribution is 2.29. The van der Waals surface area contributed by atoms with Gasteiger partial charge in [-0.15, -0.1) is 0 Å². The fraction of sp³-hybridized carbons (Fsp3) is 0.235. The third-order valence-corrected chi connectivity index (χ3v) is 4.22. The van der Waals surface area contributed by atoms with Gasteiger partial charge in [0, 0.05) is 6.54 Å². The number of aromatic amines is 1. The molecular formula is C17H18N6O. The van der Waals surface area contributed by atoms with Crippen molar-refractivity contribution in [2.24, 2.45) is 5.73 Å². The van der Waals surface area contributed by atoms with Gasteiger partial charge in [0.25, 0.3) is 0 Å². The Bertz CT molecular complexity index is 875. The van der Waals surface area contributed by atoms with Crippen molar-refractivity contribution in [2.75, 3.05) is 24.7 Å². The Morgan fingerprint density at radius 2 is 2.17 bits per heavy atom. The molecule has 1 aliphatic heterocycles. The number of benzene rings is 1. The Morgan fingerprint density at radius 3 is 2.96 bits per heavy atom. The molecule has 0 saturated carbocycles. The first-order valence-corrected chi connectivity index (χ1v) is 7.82. The number of nitrogens with zero attached hydrogens (tertiary/aromatic N) is 3. The van der Waals surface area contributed by atoms with Gasteiger partial charge in [-0.25, -0.2) is 4.98 Å². The van der Waals surface area contributed by atoms with E-state index in [0.717, 1.165) is 23.5 Å². The molecule has 2 aromatic heterocycles. The number of imidazole rings is 1. The molecule has 7 heteroatoms. The molecule has 0 radical (unpaired) electrons. The molecule has 0 amide bonds. The van der Waals surface area contributed by atoms with Crippen LogP contribution in [0.15, 0.2) is 42.6 Å². The van der Waals surface area contributed by atoms with E-state index >= 15 is 0 Å². The highest BCUT2D eigenvalue weighted by molar-refractivity contribution is 5.95. The van der Waals surface area contributed by atoms with Gasteiger partial charge in [0.15, 0.2) is 0 Å². The highest BCUT2D eigenvalue weighted by atomic mass is 16.5. The molecule has 0 unspecified atom stereocenters. The summed E-state index contributed by atoms with van der Waals surface area (Å²) in [4.78, 5) is 14.4. The molecule has 3 heterocycles. The van der Waals surface area contributed by atoms with Crippen LogP contribution in [0.3, 0.4) is 0 Å². The van der Waals surface area contributed by atoms with Gasteiger partial charge in [-0.3, -0.25) is 10.4 Å². The fourth-order valence-electron chi connectivity index (χ4n) is 2.99. The summed E-state index contributed by atoms with van der Waals surface area (Å²) in [7, 11) is 0. The summed E-state index contributed by atoms with van der Waals surface area (Å²) >= 11 is 0. The van der Waals surface area contributed by atoms with Crippen LogP contribution in [0.25, 0.3) is 11.0 Å². The van der Waals surface area contributed by atoms with Crippen LogP contribution in [-0.2, 0) is 4.74 Å². The largest absolute Gasteiger partial charge is 0.382 e. The number of rotatable bonds is 3. The number of morpholine rings is 1. The lowest BCUT2D eigenvalue weighted by atomic mass is 10.1. The SMILES string of the molecule is N=C(N)c1cc2nc(N3CCOC[C@H]3c3ccccc3)[nH]c2cn1. The van der Waals surface area contributed by atoms with Crippen LogP contribution in [-0.4, -0.2) is 40.5 Å². The second-order valence-corrected chi connectivity index (χ2v) is 5.76. The fourth-order valence-corrected chi connectivity index (χ4v) is 2.99. The van der Waals surface area contributed by atoms with Crippen LogP contribution >= 0.6 is 0 Å². The van der Waals surface area contributed by atoms with Gasteiger partial charge >= 0.3 is 0 Å². The van der Waals surface area contributed by atoms with Gasteiger partial charge in [0.2, 0.25) is 5.95 Å². The zero-order chi connectivity index (χ0) is 16.5. The van der Waals surface area contributed by atoms with E-state index in [2.05, 4.69) is 32.0 Å². The highest BCUT2D eigenvalue weighted by Gasteiger charge is 2.27. The molecule has 0 bridgehead atoms. The Kier molecular flexibility index (Phi) is 3.62. The first kappa shape index (κ1) is 14.6. The smallest absolute Gasteiger partial charge is 0.204 e. The summed E-state index contributed by atoms with van der Waals surface area (Å²) in [6.45, 7) is 2.04. The number of pyridine rings is 1. The molecule has 122 valence electrons. The summed E-state index contributed by atoms with van der Waals surface area (Å²) in [5.74, 6) is 0.722. The normalized spacial score (nSPS) is 18.0. The molecule has 0 spiro atoms. The van der Waals surface area contributed by atoms with Crippen molar-refractivity contribution >= 4 is 22.8 Å². The molecule has 1 fully saturated rings. The average Bonchev–Trinajstić information content (AvgIpc) is 3.05. The lowest BCUT2D eigenvalue weighted by molar-refractivity contribution is 0.0934. The minimum Gasteiger partial charge on any atom is -0.382 e. The lowest BCUT2D eigenvalue weighted by Crippen LogP contribution is -2.40. The van der Waals surface area contributed by atoms with E-state index < -0.39 is 0 Å². The number of amidine groups is 1. The van der Waals surface area contributed by atoms with E-state index in [1.165, 1.54) is 5.56 Å². The monoisotopic (exact) mass is 322 g/mol. The van der Waals surface area contributed by atoms with Crippen LogP contribution in [0, 0.1) is 5.41 Å². The van der Waals surface area contributed by atoms with E-state index in [1.54, 1.807) is 12.3 Å². The zero-order valence-corrected chi connectivity index (χ0v) is 13.1. The number of ether oxygens (including phenoxy) is 1. The maximum atomic E-state index is 7.51. The minimum absolute atomic E-state index is 0.0602. The van der Waals surface area contributed by atoms with Gasteiger partial charge < -0.3 is 20.4 Å². The van der Waals surface area contributed by atoms with E-state index in [-0.39, 0.29) is 11.9 Å². The Morgan fingerprint density at radius 1 is 1.33 bits per heavy atom. The minimum atomic E-state index is -0.0602. The number of nitrogens with two attached hydrogens (primary N) is 1. The first-order valence-electron chi connectivity index (χ1n) is 7.82. The number of nitrogens with one attached hydrogen (secondary N) is 2. The number of anilines is 1. The number of hydrogen-bond acceptors (Lipinski definition) is 5. The topological polar surface area (TPSA) is 104 Å². The van der Waals surface area contributed by atoms with Crippen molar-refractivity contribution in [1.82, 2.24) is 15.0 Å². The molecule has 24 heavy (non-hydrogen) atoms. The number of fused-ring (bicyclic) bond motifs is 1. The van der Waals surface area contributed by atoms with Crippen molar-refractivity contribution < 1.29 is 4.74 Å². The number of hydrogen-bond donors (Lipinski definition) is 3. The molecule has 7 nitrogen and oxygen atoms in total. The summed E-state index contributed by atoms with van der Waals surface area (Å²) < 4.78 is 5.67. The summed E-state index contributed by atoms with van der Waals surface area (Å²) in [6, 6.07) is 12.1. The molecule has 4 N–H and O–H groups in total. The second-order valence-electron chi connectivity index (χ2n) is 5.76. The molecule has 0 aliphatic carbocycles. The first-order chi connectivity index (χ1) is 11.7. The van der Waals surface area contributed by atoms with Crippen LogP contribution in [0.2, 0.25) is 0 Å². The Hall–Kier alpha value is -2.93. The number of nitrogen functional groups attached to an aromatic ring is 1. The molecule has 1 saturated heterocycles. The van der Waals surface area contributed by atoms with E-state index in [4.69, 9.17) is 15.9 Å². The molecule has 1 aromatic carbocycles. The predicted molar refractivity (Wildman–Crippen MR) is 92.3 cm³/mol. The third-order valence-electron chi connectivity index (χ3n) is 4.22. The number of H-pyrrole nitrogens is 1. The van der Waals surface area contributed by atoms with Crippen molar-refractivity contribution in [1.29, 1.82) is 5.41 Å². The maximum Gasteiger partial charge on any atom is 0.204 e. The average molecular weight is 322 g/mol. The Labute approximate surface area is 139 Å². The van der Waals surface area contributed by atoms with E-state index in [9.17, 15) is 0 Å². The quantitative estimate of drug-likeness (QED) is 0.504. The Balaban J connectivity index is 1.72. The maximum absolute atomic E-state index is 7.51.